The number of carbonyl (C=O) groups excluding carboxylic acids is 1. The molecule has 2 nitrogen and oxygen atoms in total. The molecule has 1 N–H and O–H groups in total. The van der Waals surface area contributed by atoms with E-state index in [4.69, 9.17) is 0 Å². The van der Waals surface area contributed by atoms with Crippen LogP contribution >= 0.6 is 0 Å². The molecule has 0 spiro atoms. The highest BCUT2D eigenvalue weighted by Crippen LogP contribution is 2.67. The molecule has 4 saturated carbocycles. The van der Waals surface area contributed by atoms with Crippen molar-refractivity contribution in [3.05, 3.63) is 0 Å². The van der Waals surface area contributed by atoms with Crippen LogP contribution < -0.4 is 0 Å². The topological polar surface area (TPSA) is 37.3 Å². The zero-order chi connectivity index (χ0) is 17.1. The second-order valence-corrected chi connectivity index (χ2v) is 10.3. The number of aliphatic hydroxyl groups is 1. The van der Waals surface area contributed by atoms with Crippen molar-refractivity contribution in [3.8, 4) is 0 Å². The standard InChI is InChI=1S/C22H36O2/c1-14(13-23)18-6-7-19-17-5-4-15-12-16(24)8-10-21(15,2)20(17)9-11-22(18,19)3/h14-15,17-20,23H,4-13H2,1-3H3/t14-,15-,17?,18-,19?,20?,21+,22-/m1/s1. The van der Waals surface area contributed by atoms with Gasteiger partial charge in [-0.05, 0) is 91.3 Å². The predicted molar refractivity (Wildman–Crippen MR) is 96.5 cm³/mol. The Hall–Kier alpha value is -0.370. The maximum absolute atomic E-state index is 12.0. The molecule has 0 aromatic carbocycles. The third-order valence-electron chi connectivity index (χ3n) is 9.53. The predicted octanol–water partition coefficient (Wildman–Crippen LogP) is 4.84. The van der Waals surface area contributed by atoms with Gasteiger partial charge in [0, 0.05) is 19.4 Å². The van der Waals surface area contributed by atoms with Crippen molar-refractivity contribution < 1.29 is 9.90 Å². The van der Waals surface area contributed by atoms with E-state index >= 15 is 0 Å². The van der Waals surface area contributed by atoms with E-state index in [-0.39, 0.29) is 0 Å². The summed E-state index contributed by atoms with van der Waals surface area (Å²) in [6.45, 7) is 7.70. The molecular weight excluding hydrogens is 296 g/mol. The number of rotatable bonds is 2. The molecule has 4 aliphatic carbocycles. The van der Waals surface area contributed by atoms with Crippen LogP contribution in [0.5, 0.6) is 0 Å². The molecule has 0 aromatic heterocycles. The van der Waals surface area contributed by atoms with Crippen molar-refractivity contribution in [1.82, 2.24) is 0 Å². The number of hydrogen-bond acceptors (Lipinski definition) is 2. The van der Waals surface area contributed by atoms with Crippen molar-refractivity contribution >= 4 is 5.78 Å². The summed E-state index contributed by atoms with van der Waals surface area (Å²) >= 11 is 0. The van der Waals surface area contributed by atoms with Gasteiger partial charge in [0.05, 0.1) is 0 Å². The van der Waals surface area contributed by atoms with Gasteiger partial charge >= 0.3 is 0 Å². The third kappa shape index (κ3) is 2.27. The second kappa shape index (κ2) is 5.83. The maximum Gasteiger partial charge on any atom is 0.133 e. The molecule has 24 heavy (non-hydrogen) atoms. The van der Waals surface area contributed by atoms with Crippen LogP contribution in [0.25, 0.3) is 0 Å². The quantitative estimate of drug-likeness (QED) is 0.785. The molecule has 8 atom stereocenters. The molecule has 4 aliphatic rings. The first kappa shape index (κ1) is 17.1. The van der Waals surface area contributed by atoms with Crippen molar-refractivity contribution in [2.45, 2.75) is 78.6 Å². The van der Waals surface area contributed by atoms with E-state index in [2.05, 4.69) is 20.8 Å². The van der Waals surface area contributed by atoms with Crippen molar-refractivity contribution in [2.24, 2.45) is 46.3 Å². The van der Waals surface area contributed by atoms with E-state index in [1.54, 1.807) is 0 Å². The van der Waals surface area contributed by atoms with Gasteiger partial charge < -0.3 is 5.11 Å². The van der Waals surface area contributed by atoms with E-state index in [9.17, 15) is 9.90 Å². The molecule has 0 aromatic rings. The summed E-state index contributed by atoms with van der Waals surface area (Å²) in [6, 6.07) is 0. The second-order valence-electron chi connectivity index (χ2n) is 10.3. The summed E-state index contributed by atoms with van der Waals surface area (Å²) < 4.78 is 0. The number of hydrogen-bond donors (Lipinski definition) is 1. The minimum atomic E-state index is 0.350. The Bertz CT molecular complexity index is 514. The monoisotopic (exact) mass is 332 g/mol. The summed E-state index contributed by atoms with van der Waals surface area (Å²) in [4.78, 5) is 12.0. The van der Waals surface area contributed by atoms with E-state index in [1.807, 2.05) is 0 Å². The van der Waals surface area contributed by atoms with Gasteiger partial charge in [-0.1, -0.05) is 20.8 Å². The molecule has 4 rings (SSSR count). The van der Waals surface area contributed by atoms with Crippen molar-refractivity contribution in [1.29, 1.82) is 0 Å². The van der Waals surface area contributed by atoms with E-state index < -0.39 is 0 Å². The molecular formula is C22H36O2. The zero-order valence-electron chi connectivity index (χ0n) is 15.9. The van der Waals surface area contributed by atoms with Crippen LogP contribution in [-0.2, 0) is 4.79 Å². The minimum absolute atomic E-state index is 0.350. The fourth-order valence-electron chi connectivity index (χ4n) is 8.15. The largest absolute Gasteiger partial charge is 0.396 e. The Labute approximate surface area is 147 Å². The number of fused-ring (bicyclic) bond motifs is 5. The number of ketones is 1. The van der Waals surface area contributed by atoms with Crippen LogP contribution in [0.3, 0.4) is 0 Å². The number of Topliss-reactive ketones (excluding diaryl/α,β-unsaturated/α-hetero) is 1. The first-order valence-electron chi connectivity index (χ1n) is 10.5. The SMILES string of the molecule is C[C@H](CO)[C@H]1CCC2C3CC[C@@H]4CC(=O)CC[C@]4(C)C3CC[C@@]21C. The Morgan fingerprint density at radius 2 is 1.79 bits per heavy atom. The lowest BCUT2D eigenvalue weighted by Crippen LogP contribution is -2.53. The van der Waals surface area contributed by atoms with Crippen molar-refractivity contribution in [2.75, 3.05) is 6.61 Å². The molecule has 0 radical (unpaired) electrons. The van der Waals surface area contributed by atoms with Crippen molar-refractivity contribution in [3.63, 3.8) is 0 Å². The molecule has 0 aliphatic heterocycles. The fraction of sp³-hybridized carbons (Fsp3) is 0.955. The van der Waals surface area contributed by atoms with Crippen LogP contribution in [0.4, 0.5) is 0 Å². The van der Waals surface area contributed by atoms with Gasteiger partial charge in [0.15, 0.2) is 0 Å². The molecule has 0 amide bonds. The van der Waals surface area contributed by atoms with E-state index in [0.29, 0.717) is 41.0 Å². The Balaban J connectivity index is 1.60. The van der Waals surface area contributed by atoms with E-state index in [0.717, 1.165) is 37.0 Å². The first-order chi connectivity index (χ1) is 11.4. The fourth-order valence-corrected chi connectivity index (χ4v) is 8.15. The van der Waals surface area contributed by atoms with Gasteiger partial charge in [0.1, 0.15) is 5.78 Å². The Morgan fingerprint density at radius 3 is 2.54 bits per heavy atom. The summed E-state index contributed by atoms with van der Waals surface area (Å²) in [5.41, 5.74) is 0.885. The Morgan fingerprint density at radius 1 is 1.04 bits per heavy atom. The molecule has 4 fully saturated rings. The van der Waals surface area contributed by atoms with Crippen LogP contribution in [-0.4, -0.2) is 17.5 Å². The summed E-state index contributed by atoms with van der Waals surface area (Å²) in [6.07, 6.45) is 10.9. The average Bonchev–Trinajstić information content (AvgIpc) is 2.92. The highest BCUT2D eigenvalue weighted by atomic mass is 16.3. The molecule has 0 heterocycles. The maximum atomic E-state index is 12.0. The first-order valence-corrected chi connectivity index (χ1v) is 10.5. The molecule has 0 bridgehead atoms. The van der Waals surface area contributed by atoms with Gasteiger partial charge in [0.25, 0.3) is 0 Å². The van der Waals surface area contributed by atoms with Crippen LogP contribution in [0.1, 0.15) is 78.6 Å². The summed E-state index contributed by atoms with van der Waals surface area (Å²) in [7, 11) is 0. The lowest BCUT2D eigenvalue weighted by Gasteiger charge is -2.60. The smallest absolute Gasteiger partial charge is 0.133 e. The molecule has 2 heteroatoms. The third-order valence-corrected chi connectivity index (χ3v) is 9.53. The minimum Gasteiger partial charge on any atom is -0.396 e. The molecule has 3 unspecified atom stereocenters. The average molecular weight is 333 g/mol. The zero-order valence-corrected chi connectivity index (χ0v) is 15.9. The van der Waals surface area contributed by atoms with Gasteiger partial charge in [-0.15, -0.1) is 0 Å². The van der Waals surface area contributed by atoms with Gasteiger partial charge in [0.2, 0.25) is 0 Å². The number of carbonyl (C=O) groups is 1. The normalized spacial score (nSPS) is 52.3. The molecule has 136 valence electrons. The van der Waals surface area contributed by atoms with Crippen LogP contribution in [0.15, 0.2) is 0 Å². The van der Waals surface area contributed by atoms with Gasteiger partial charge in [-0.3, -0.25) is 4.79 Å². The van der Waals surface area contributed by atoms with Gasteiger partial charge in [-0.25, -0.2) is 0 Å². The number of aliphatic hydroxyl groups excluding tert-OH is 1. The molecule has 0 saturated heterocycles. The highest BCUT2D eigenvalue weighted by Gasteiger charge is 2.60. The van der Waals surface area contributed by atoms with Gasteiger partial charge in [-0.2, -0.15) is 0 Å². The highest BCUT2D eigenvalue weighted by molar-refractivity contribution is 5.79. The summed E-state index contributed by atoms with van der Waals surface area (Å²) in [5, 5.41) is 9.72. The lowest BCUT2D eigenvalue weighted by atomic mass is 9.44. The van der Waals surface area contributed by atoms with Crippen LogP contribution in [0, 0.1) is 46.3 Å². The lowest BCUT2D eigenvalue weighted by molar-refractivity contribution is -0.140. The van der Waals surface area contributed by atoms with E-state index in [1.165, 1.54) is 38.5 Å². The van der Waals surface area contributed by atoms with Crippen LogP contribution in [0.2, 0.25) is 0 Å². The summed E-state index contributed by atoms with van der Waals surface area (Å²) in [5.74, 6) is 4.96. The Kier molecular flexibility index (Phi) is 4.14.